The van der Waals surface area contributed by atoms with Gasteiger partial charge < -0.3 is 10.4 Å². The summed E-state index contributed by atoms with van der Waals surface area (Å²) in [5.74, 6) is -2.55. The highest BCUT2D eigenvalue weighted by Gasteiger charge is 2.23. The van der Waals surface area contributed by atoms with Crippen LogP contribution in [-0.4, -0.2) is 23.7 Å². The summed E-state index contributed by atoms with van der Waals surface area (Å²) < 4.78 is 26.8. The topological polar surface area (TPSA) is 49.3 Å². The van der Waals surface area contributed by atoms with Crippen molar-refractivity contribution >= 4 is 5.91 Å². The molecule has 2 N–H and O–H groups in total. The SMILES string of the molecule is CC(O)CC(C)(C)CNC(=O)c1c(F)cccc1F. The summed E-state index contributed by atoms with van der Waals surface area (Å²) in [5.41, 5.74) is -0.929. The van der Waals surface area contributed by atoms with E-state index in [9.17, 15) is 18.7 Å². The Labute approximate surface area is 111 Å². The number of hydrogen-bond acceptors (Lipinski definition) is 2. The molecular weight excluding hydrogens is 252 g/mol. The molecule has 1 aromatic rings. The summed E-state index contributed by atoms with van der Waals surface area (Å²) in [4.78, 5) is 11.8. The van der Waals surface area contributed by atoms with Gasteiger partial charge in [0.25, 0.3) is 5.91 Å². The number of hydrogen-bond donors (Lipinski definition) is 2. The standard InChI is InChI=1S/C14H19F2NO2/c1-9(18)7-14(2,3)8-17-13(19)12-10(15)5-4-6-11(12)16/h4-6,9,18H,7-8H2,1-3H3,(H,17,19). The lowest BCUT2D eigenvalue weighted by molar-refractivity contribution is 0.0894. The smallest absolute Gasteiger partial charge is 0.257 e. The van der Waals surface area contributed by atoms with Crippen LogP contribution in [0.5, 0.6) is 0 Å². The predicted octanol–water partition coefficient (Wildman–Crippen LogP) is 2.49. The molecule has 0 spiro atoms. The van der Waals surface area contributed by atoms with Crippen molar-refractivity contribution in [2.75, 3.05) is 6.54 Å². The number of rotatable bonds is 5. The van der Waals surface area contributed by atoms with Gasteiger partial charge in [-0.05, 0) is 30.9 Å². The van der Waals surface area contributed by atoms with E-state index in [1.165, 1.54) is 6.07 Å². The van der Waals surface area contributed by atoms with Crippen molar-refractivity contribution < 1.29 is 18.7 Å². The highest BCUT2D eigenvalue weighted by molar-refractivity contribution is 5.94. The van der Waals surface area contributed by atoms with E-state index in [-0.39, 0.29) is 12.0 Å². The molecule has 19 heavy (non-hydrogen) atoms. The first-order chi connectivity index (χ1) is 8.73. The molecule has 1 atom stereocenters. The molecule has 1 unspecified atom stereocenters. The minimum atomic E-state index is -0.883. The predicted molar refractivity (Wildman–Crippen MR) is 68.8 cm³/mol. The third kappa shape index (κ3) is 4.59. The molecule has 1 rings (SSSR count). The molecule has 3 nitrogen and oxygen atoms in total. The zero-order chi connectivity index (χ0) is 14.6. The van der Waals surface area contributed by atoms with E-state index in [0.29, 0.717) is 6.42 Å². The third-order valence-electron chi connectivity index (χ3n) is 2.77. The van der Waals surface area contributed by atoms with Crippen LogP contribution in [0.25, 0.3) is 0 Å². The van der Waals surface area contributed by atoms with Gasteiger partial charge in [0, 0.05) is 6.54 Å². The molecule has 5 heteroatoms. The molecule has 0 aliphatic rings. The third-order valence-corrected chi connectivity index (χ3v) is 2.77. The van der Waals surface area contributed by atoms with Crippen LogP contribution in [0.15, 0.2) is 18.2 Å². The molecule has 0 heterocycles. The van der Waals surface area contributed by atoms with Crippen LogP contribution in [0, 0.1) is 17.0 Å². The summed E-state index contributed by atoms with van der Waals surface area (Å²) in [7, 11) is 0. The Kier molecular flexibility index (Phi) is 5.00. The summed E-state index contributed by atoms with van der Waals surface area (Å²) in [5, 5.41) is 11.8. The van der Waals surface area contributed by atoms with Crippen molar-refractivity contribution in [3.8, 4) is 0 Å². The second-order valence-electron chi connectivity index (χ2n) is 5.50. The van der Waals surface area contributed by atoms with E-state index in [4.69, 9.17) is 0 Å². The molecular formula is C14H19F2NO2. The van der Waals surface area contributed by atoms with Gasteiger partial charge in [-0.2, -0.15) is 0 Å². The largest absolute Gasteiger partial charge is 0.393 e. The normalized spacial score (nSPS) is 13.2. The Hall–Kier alpha value is -1.49. The number of nitrogens with one attached hydrogen (secondary N) is 1. The number of carbonyl (C=O) groups excluding carboxylic acids is 1. The minimum absolute atomic E-state index is 0.227. The lowest BCUT2D eigenvalue weighted by atomic mass is 9.87. The van der Waals surface area contributed by atoms with Gasteiger partial charge in [-0.25, -0.2) is 8.78 Å². The molecule has 1 amide bonds. The lowest BCUT2D eigenvalue weighted by Crippen LogP contribution is -2.36. The second-order valence-corrected chi connectivity index (χ2v) is 5.50. The fourth-order valence-electron chi connectivity index (χ4n) is 1.99. The van der Waals surface area contributed by atoms with Crippen molar-refractivity contribution in [2.24, 2.45) is 5.41 Å². The molecule has 0 radical (unpaired) electrons. The average Bonchev–Trinajstić information content (AvgIpc) is 2.24. The molecule has 0 aliphatic heterocycles. The van der Waals surface area contributed by atoms with Gasteiger partial charge in [-0.15, -0.1) is 0 Å². The quantitative estimate of drug-likeness (QED) is 0.864. The summed E-state index contributed by atoms with van der Waals surface area (Å²) in [6, 6.07) is 3.29. The highest BCUT2D eigenvalue weighted by atomic mass is 19.1. The maximum absolute atomic E-state index is 13.4. The summed E-state index contributed by atoms with van der Waals surface area (Å²) >= 11 is 0. The summed E-state index contributed by atoms with van der Waals surface area (Å²) in [6.45, 7) is 5.60. The van der Waals surface area contributed by atoms with Crippen LogP contribution in [0.4, 0.5) is 8.78 Å². The van der Waals surface area contributed by atoms with Crippen LogP contribution >= 0.6 is 0 Å². The van der Waals surface area contributed by atoms with Gasteiger partial charge in [-0.1, -0.05) is 19.9 Å². The van der Waals surface area contributed by atoms with Gasteiger partial charge in [0.1, 0.15) is 17.2 Å². The molecule has 0 saturated heterocycles. The van der Waals surface area contributed by atoms with Crippen LogP contribution in [0.1, 0.15) is 37.6 Å². The average molecular weight is 271 g/mol. The van der Waals surface area contributed by atoms with Crippen molar-refractivity contribution in [1.29, 1.82) is 0 Å². The Morgan fingerprint density at radius 3 is 2.37 bits per heavy atom. The highest BCUT2D eigenvalue weighted by Crippen LogP contribution is 2.21. The fourth-order valence-corrected chi connectivity index (χ4v) is 1.99. The monoisotopic (exact) mass is 271 g/mol. The van der Waals surface area contributed by atoms with E-state index in [1.54, 1.807) is 6.92 Å². The number of carbonyl (C=O) groups is 1. The Bertz CT molecular complexity index is 439. The minimum Gasteiger partial charge on any atom is -0.393 e. The lowest BCUT2D eigenvalue weighted by Gasteiger charge is -2.26. The first-order valence-corrected chi connectivity index (χ1v) is 6.13. The van der Waals surface area contributed by atoms with Crippen LogP contribution < -0.4 is 5.32 Å². The molecule has 1 aromatic carbocycles. The Balaban J connectivity index is 2.71. The maximum atomic E-state index is 13.4. The molecule has 0 aliphatic carbocycles. The molecule has 106 valence electrons. The van der Waals surface area contributed by atoms with Crippen molar-refractivity contribution in [2.45, 2.75) is 33.3 Å². The van der Waals surface area contributed by atoms with E-state index in [0.717, 1.165) is 12.1 Å². The first kappa shape index (κ1) is 15.6. The maximum Gasteiger partial charge on any atom is 0.257 e. The molecule has 0 fully saturated rings. The van der Waals surface area contributed by atoms with Gasteiger partial charge >= 0.3 is 0 Å². The number of aliphatic hydroxyl groups is 1. The molecule has 0 saturated carbocycles. The van der Waals surface area contributed by atoms with Gasteiger partial charge in [0.05, 0.1) is 6.10 Å². The van der Waals surface area contributed by atoms with Gasteiger partial charge in [0.2, 0.25) is 0 Å². The van der Waals surface area contributed by atoms with E-state index < -0.39 is 29.2 Å². The zero-order valence-corrected chi connectivity index (χ0v) is 11.3. The van der Waals surface area contributed by atoms with E-state index in [2.05, 4.69) is 5.32 Å². The van der Waals surface area contributed by atoms with Gasteiger partial charge in [-0.3, -0.25) is 4.79 Å². The van der Waals surface area contributed by atoms with Crippen molar-refractivity contribution in [1.82, 2.24) is 5.32 Å². The van der Waals surface area contributed by atoms with Crippen molar-refractivity contribution in [3.63, 3.8) is 0 Å². The van der Waals surface area contributed by atoms with Crippen LogP contribution in [-0.2, 0) is 0 Å². The first-order valence-electron chi connectivity index (χ1n) is 6.13. The zero-order valence-electron chi connectivity index (χ0n) is 11.3. The van der Waals surface area contributed by atoms with Crippen LogP contribution in [0.2, 0.25) is 0 Å². The number of halogens is 2. The second kappa shape index (κ2) is 6.10. The fraction of sp³-hybridized carbons (Fsp3) is 0.500. The van der Waals surface area contributed by atoms with E-state index >= 15 is 0 Å². The number of benzene rings is 1. The number of amides is 1. The van der Waals surface area contributed by atoms with Gasteiger partial charge in [0.15, 0.2) is 0 Å². The van der Waals surface area contributed by atoms with E-state index in [1.807, 2.05) is 13.8 Å². The molecule has 0 aromatic heterocycles. The van der Waals surface area contributed by atoms with Crippen molar-refractivity contribution in [3.05, 3.63) is 35.4 Å². The summed E-state index contributed by atoms with van der Waals surface area (Å²) in [6.07, 6.45) is -0.0235. The number of aliphatic hydroxyl groups excluding tert-OH is 1. The molecule has 0 bridgehead atoms. The van der Waals surface area contributed by atoms with Crippen LogP contribution in [0.3, 0.4) is 0 Å². The Morgan fingerprint density at radius 1 is 1.37 bits per heavy atom. The Morgan fingerprint density at radius 2 is 1.89 bits per heavy atom.